The molecule has 0 aromatic rings. The van der Waals surface area contributed by atoms with E-state index in [0.717, 1.165) is 19.4 Å². The van der Waals surface area contributed by atoms with Gasteiger partial charge in [0.2, 0.25) is 5.91 Å². The summed E-state index contributed by atoms with van der Waals surface area (Å²) >= 11 is 0. The molecule has 3 N–H and O–H groups in total. The molecule has 0 unspecified atom stereocenters. The van der Waals surface area contributed by atoms with Gasteiger partial charge in [-0.2, -0.15) is 0 Å². The molecule has 0 aliphatic rings. The summed E-state index contributed by atoms with van der Waals surface area (Å²) in [4.78, 5) is 21.3. The van der Waals surface area contributed by atoms with E-state index < -0.39 is 0 Å². The largest absolute Gasteiger partial charge is 0.464 e. The number of ether oxygens (including phenoxy) is 2. The second kappa shape index (κ2) is 11.3. The quantitative estimate of drug-likeness (QED) is 0.389. The lowest BCUT2D eigenvalue weighted by Gasteiger charge is -2.05. The fraction of sp³-hybridized carbons (Fsp3) is 0.818. The Balaban J connectivity index is 3.08. The minimum atomic E-state index is -0.339. The Kier molecular flexibility index (Phi) is 10.6. The van der Waals surface area contributed by atoms with Gasteiger partial charge >= 0.3 is 5.97 Å². The normalized spacial score (nSPS) is 10.2. The van der Waals surface area contributed by atoms with Crippen molar-refractivity contribution in [1.82, 2.24) is 5.32 Å². The van der Waals surface area contributed by atoms with E-state index >= 15 is 0 Å². The van der Waals surface area contributed by atoms with Gasteiger partial charge in [-0.25, -0.2) is 4.79 Å². The van der Waals surface area contributed by atoms with Crippen molar-refractivity contribution in [3.05, 3.63) is 0 Å². The zero-order chi connectivity index (χ0) is 12.9. The fourth-order valence-electron chi connectivity index (χ4n) is 1.18. The molecule has 17 heavy (non-hydrogen) atoms. The van der Waals surface area contributed by atoms with Crippen LogP contribution >= 0.6 is 0 Å². The lowest BCUT2D eigenvalue weighted by molar-refractivity contribution is -0.148. The topological polar surface area (TPSA) is 90.7 Å². The van der Waals surface area contributed by atoms with Gasteiger partial charge < -0.3 is 20.5 Å². The Morgan fingerprint density at radius 1 is 1.24 bits per heavy atom. The van der Waals surface area contributed by atoms with Crippen LogP contribution in [0.1, 0.15) is 26.2 Å². The molecular weight excluding hydrogens is 224 g/mol. The number of nitrogens with two attached hydrogens (primary N) is 1. The SMILES string of the molecule is CCOC(=O)COCCNCCCCC(N)=O. The van der Waals surface area contributed by atoms with Crippen molar-refractivity contribution < 1.29 is 19.1 Å². The van der Waals surface area contributed by atoms with E-state index in [1.807, 2.05) is 0 Å². The second-order valence-corrected chi connectivity index (χ2v) is 3.53. The Labute approximate surface area is 102 Å². The predicted molar refractivity (Wildman–Crippen MR) is 63.4 cm³/mol. The van der Waals surface area contributed by atoms with Crippen LogP contribution in [0.15, 0.2) is 0 Å². The van der Waals surface area contributed by atoms with E-state index in [-0.39, 0.29) is 18.5 Å². The number of hydrogen-bond acceptors (Lipinski definition) is 5. The highest BCUT2D eigenvalue weighted by molar-refractivity contribution is 5.73. The van der Waals surface area contributed by atoms with Crippen molar-refractivity contribution >= 4 is 11.9 Å². The zero-order valence-electron chi connectivity index (χ0n) is 10.4. The molecular formula is C11H22N2O4. The maximum Gasteiger partial charge on any atom is 0.332 e. The van der Waals surface area contributed by atoms with Crippen LogP contribution in [0.4, 0.5) is 0 Å². The first-order valence-electron chi connectivity index (χ1n) is 5.89. The van der Waals surface area contributed by atoms with Crippen molar-refractivity contribution in [1.29, 1.82) is 0 Å². The summed E-state index contributed by atoms with van der Waals surface area (Å²) in [6.45, 7) is 4.09. The first-order valence-corrected chi connectivity index (χ1v) is 5.89. The smallest absolute Gasteiger partial charge is 0.332 e. The Bertz CT molecular complexity index is 222. The number of carbonyl (C=O) groups is 2. The van der Waals surface area contributed by atoms with Crippen LogP contribution in [-0.2, 0) is 19.1 Å². The molecule has 100 valence electrons. The summed E-state index contributed by atoms with van der Waals surface area (Å²) in [5.41, 5.74) is 5.00. The minimum absolute atomic E-state index is 0.00278. The number of amides is 1. The van der Waals surface area contributed by atoms with Gasteiger partial charge in [0.1, 0.15) is 6.61 Å². The number of rotatable bonds is 11. The van der Waals surface area contributed by atoms with Crippen LogP contribution in [0.3, 0.4) is 0 Å². The maximum atomic E-state index is 10.9. The van der Waals surface area contributed by atoms with E-state index in [9.17, 15) is 9.59 Å². The van der Waals surface area contributed by atoms with Crippen LogP contribution in [0.5, 0.6) is 0 Å². The fourth-order valence-corrected chi connectivity index (χ4v) is 1.18. The third-order valence-corrected chi connectivity index (χ3v) is 1.98. The minimum Gasteiger partial charge on any atom is -0.464 e. The molecule has 0 radical (unpaired) electrons. The number of primary amides is 1. The van der Waals surface area contributed by atoms with Crippen LogP contribution in [0.25, 0.3) is 0 Å². The number of nitrogens with one attached hydrogen (secondary N) is 1. The summed E-state index contributed by atoms with van der Waals surface area (Å²) in [5, 5.41) is 3.14. The molecule has 0 bridgehead atoms. The van der Waals surface area contributed by atoms with Crippen LogP contribution < -0.4 is 11.1 Å². The monoisotopic (exact) mass is 246 g/mol. The van der Waals surface area contributed by atoms with Gasteiger partial charge in [0.25, 0.3) is 0 Å². The van der Waals surface area contributed by atoms with Gasteiger partial charge in [-0.15, -0.1) is 0 Å². The molecule has 6 heteroatoms. The van der Waals surface area contributed by atoms with E-state index in [2.05, 4.69) is 5.32 Å². The van der Waals surface area contributed by atoms with Crippen molar-refractivity contribution in [3.63, 3.8) is 0 Å². The average molecular weight is 246 g/mol. The van der Waals surface area contributed by atoms with E-state index in [1.54, 1.807) is 6.92 Å². The third-order valence-electron chi connectivity index (χ3n) is 1.98. The van der Waals surface area contributed by atoms with Crippen LogP contribution in [-0.4, -0.2) is 44.8 Å². The van der Waals surface area contributed by atoms with E-state index in [4.69, 9.17) is 15.2 Å². The molecule has 0 spiro atoms. The molecule has 0 heterocycles. The highest BCUT2D eigenvalue weighted by Gasteiger charge is 2.00. The number of carbonyl (C=O) groups excluding carboxylic acids is 2. The second-order valence-electron chi connectivity index (χ2n) is 3.53. The molecule has 0 aromatic heterocycles. The molecule has 1 amide bonds. The summed E-state index contributed by atoms with van der Waals surface area (Å²) in [5.74, 6) is -0.600. The van der Waals surface area contributed by atoms with Gasteiger partial charge in [-0.3, -0.25) is 4.79 Å². The molecule has 0 saturated carbocycles. The molecule has 0 saturated heterocycles. The average Bonchev–Trinajstić information content (AvgIpc) is 2.27. The molecule has 0 atom stereocenters. The number of unbranched alkanes of at least 4 members (excludes halogenated alkanes) is 1. The zero-order valence-corrected chi connectivity index (χ0v) is 10.4. The van der Waals surface area contributed by atoms with E-state index in [1.165, 1.54) is 0 Å². The molecule has 0 aliphatic heterocycles. The van der Waals surface area contributed by atoms with Crippen molar-refractivity contribution in [2.24, 2.45) is 5.73 Å². The number of hydrogen-bond donors (Lipinski definition) is 2. The molecule has 6 nitrogen and oxygen atoms in total. The van der Waals surface area contributed by atoms with Gasteiger partial charge in [0.05, 0.1) is 13.2 Å². The molecule has 0 fully saturated rings. The van der Waals surface area contributed by atoms with Crippen molar-refractivity contribution in [2.45, 2.75) is 26.2 Å². The summed E-state index contributed by atoms with van der Waals surface area (Å²) in [6, 6.07) is 0. The van der Waals surface area contributed by atoms with Gasteiger partial charge in [0, 0.05) is 13.0 Å². The maximum absolute atomic E-state index is 10.9. The molecule has 0 rings (SSSR count). The molecule has 0 aromatic carbocycles. The standard InChI is InChI=1S/C11H22N2O4/c1-2-17-11(15)9-16-8-7-13-6-4-3-5-10(12)14/h13H,2-9H2,1H3,(H2,12,14). The summed E-state index contributed by atoms with van der Waals surface area (Å²) < 4.78 is 9.78. The first kappa shape index (κ1) is 15.9. The first-order chi connectivity index (χ1) is 8.16. The number of esters is 1. The van der Waals surface area contributed by atoms with Gasteiger partial charge in [0.15, 0.2) is 0 Å². The summed E-state index contributed by atoms with van der Waals surface area (Å²) in [7, 11) is 0. The summed E-state index contributed by atoms with van der Waals surface area (Å²) in [6.07, 6.45) is 2.13. The van der Waals surface area contributed by atoms with E-state index in [0.29, 0.717) is 26.2 Å². The van der Waals surface area contributed by atoms with Gasteiger partial charge in [-0.05, 0) is 26.3 Å². The third kappa shape index (κ3) is 12.8. The lowest BCUT2D eigenvalue weighted by atomic mass is 10.2. The predicted octanol–water partition coefficient (Wildman–Crippen LogP) is -0.189. The Morgan fingerprint density at radius 3 is 2.65 bits per heavy atom. The van der Waals surface area contributed by atoms with Crippen molar-refractivity contribution in [3.8, 4) is 0 Å². The lowest BCUT2D eigenvalue weighted by Crippen LogP contribution is -2.23. The highest BCUT2D eigenvalue weighted by atomic mass is 16.6. The van der Waals surface area contributed by atoms with Crippen LogP contribution in [0, 0.1) is 0 Å². The van der Waals surface area contributed by atoms with Gasteiger partial charge in [-0.1, -0.05) is 0 Å². The Hall–Kier alpha value is -1.14. The van der Waals surface area contributed by atoms with Crippen molar-refractivity contribution in [2.75, 3.05) is 32.9 Å². The molecule has 0 aliphatic carbocycles. The Morgan fingerprint density at radius 2 is 2.00 bits per heavy atom. The van der Waals surface area contributed by atoms with Crippen LogP contribution in [0.2, 0.25) is 0 Å². The highest BCUT2D eigenvalue weighted by Crippen LogP contribution is 1.91.